The maximum Gasteiger partial charge on any atom is 0.342 e. The molecular weight excluding hydrogens is 445 g/mol. The van der Waals surface area contributed by atoms with Gasteiger partial charge in [0, 0.05) is 21.7 Å². The van der Waals surface area contributed by atoms with Crippen LogP contribution in [0.15, 0.2) is 58.1 Å². The number of anilines is 1. The molecule has 28 heavy (non-hydrogen) atoms. The number of aromatic hydroxyl groups is 1. The third-order valence-corrected chi connectivity index (χ3v) is 7.13. The predicted molar refractivity (Wildman–Crippen MR) is 109 cm³/mol. The molecule has 0 unspecified atom stereocenters. The van der Waals surface area contributed by atoms with Crippen molar-refractivity contribution in [2.75, 3.05) is 4.72 Å². The Morgan fingerprint density at radius 1 is 1.11 bits per heavy atom. The molecule has 0 aliphatic carbocycles. The molecule has 6 nitrogen and oxygen atoms in total. The van der Waals surface area contributed by atoms with Gasteiger partial charge in [-0.25, -0.2) is 13.2 Å². The molecule has 2 aromatic carbocycles. The standard InChI is InChI=1S/C18H13Cl2NO5S2/c19-14-3-1-4-15(20)13(14)10-26-18(23)12-7-6-11(9-16(12)22)21-28(24,25)17-5-2-8-27-17/h1-9,21-22H,10H2. The van der Waals surface area contributed by atoms with E-state index >= 15 is 0 Å². The van der Waals surface area contributed by atoms with Crippen molar-refractivity contribution in [3.63, 3.8) is 0 Å². The lowest BCUT2D eigenvalue weighted by Gasteiger charge is -2.11. The zero-order chi connectivity index (χ0) is 20.3. The van der Waals surface area contributed by atoms with Crippen LogP contribution in [0.2, 0.25) is 10.0 Å². The van der Waals surface area contributed by atoms with Gasteiger partial charge in [0.15, 0.2) is 0 Å². The van der Waals surface area contributed by atoms with E-state index in [1.54, 1.807) is 29.6 Å². The van der Waals surface area contributed by atoms with E-state index in [1.807, 2.05) is 0 Å². The van der Waals surface area contributed by atoms with Gasteiger partial charge in [-0.15, -0.1) is 11.3 Å². The number of hydrogen-bond acceptors (Lipinski definition) is 6. The van der Waals surface area contributed by atoms with Crippen LogP contribution >= 0.6 is 34.5 Å². The van der Waals surface area contributed by atoms with Crippen molar-refractivity contribution >= 4 is 56.2 Å². The number of esters is 1. The first-order valence-corrected chi connectivity index (χ1v) is 10.9. The second-order valence-corrected chi connectivity index (χ2v) is 9.22. The maximum absolute atomic E-state index is 12.2. The Labute approximate surface area is 175 Å². The van der Waals surface area contributed by atoms with Crippen LogP contribution in [0.25, 0.3) is 0 Å². The highest BCUT2D eigenvalue weighted by Crippen LogP contribution is 2.28. The van der Waals surface area contributed by atoms with Crippen LogP contribution < -0.4 is 4.72 Å². The van der Waals surface area contributed by atoms with Gasteiger partial charge in [-0.3, -0.25) is 4.72 Å². The molecular formula is C18H13Cl2NO5S2. The number of carbonyl (C=O) groups is 1. The number of carbonyl (C=O) groups excluding carboxylic acids is 1. The number of hydrogen-bond donors (Lipinski definition) is 2. The summed E-state index contributed by atoms with van der Waals surface area (Å²) in [6.07, 6.45) is 0. The van der Waals surface area contributed by atoms with Crippen LogP contribution in [-0.2, 0) is 21.4 Å². The van der Waals surface area contributed by atoms with E-state index in [2.05, 4.69) is 4.72 Å². The number of halogens is 2. The molecule has 146 valence electrons. The van der Waals surface area contributed by atoms with Crippen molar-refractivity contribution in [3.8, 4) is 5.75 Å². The molecule has 0 bridgehead atoms. The minimum Gasteiger partial charge on any atom is -0.507 e. The van der Waals surface area contributed by atoms with Crippen LogP contribution in [0.4, 0.5) is 5.69 Å². The largest absolute Gasteiger partial charge is 0.507 e. The maximum atomic E-state index is 12.2. The first-order chi connectivity index (χ1) is 13.3. The number of sulfonamides is 1. The number of rotatable bonds is 6. The molecule has 1 heterocycles. The van der Waals surface area contributed by atoms with Crippen LogP contribution in [-0.4, -0.2) is 19.5 Å². The second kappa shape index (κ2) is 8.40. The molecule has 2 N–H and O–H groups in total. The molecule has 0 aliphatic heterocycles. The predicted octanol–water partition coefficient (Wildman–Crippen LogP) is 4.92. The van der Waals surface area contributed by atoms with Gasteiger partial charge in [0.05, 0.1) is 5.69 Å². The Kier molecular flexibility index (Phi) is 6.14. The number of benzene rings is 2. The SMILES string of the molecule is O=C(OCc1c(Cl)cccc1Cl)c1ccc(NS(=O)(=O)c2cccs2)cc1O. The molecule has 0 saturated carbocycles. The highest BCUT2D eigenvalue weighted by molar-refractivity contribution is 7.94. The van der Waals surface area contributed by atoms with Gasteiger partial charge in [-0.1, -0.05) is 35.3 Å². The smallest absolute Gasteiger partial charge is 0.342 e. The lowest BCUT2D eigenvalue weighted by atomic mass is 10.2. The average molecular weight is 458 g/mol. The van der Waals surface area contributed by atoms with Gasteiger partial charge in [0.1, 0.15) is 22.1 Å². The summed E-state index contributed by atoms with van der Waals surface area (Å²) in [4.78, 5) is 12.2. The van der Waals surface area contributed by atoms with Gasteiger partial charge < -0.3 is 9.84 Å². The Hall–Kier alpha value is -2.26. The zero-order valence-electron chi connectivity index (χ0n) is 14.1. The quantitative estimate of drug-likeness (QED) is 0.512. The van der Waals surface area contributed by atoms with Crippen molar-refractivity contribution in [1.29, 1.82) is 0 Å². The Morgan fingerprint density at radius 2 is 1.82 bits per heavy atom. The topological polar surface area (TPSA) is 92.7 Å². The van der Waals surface area contributed by atoms with E-state index < -0.39 is 21.7 Å². The number of phenols is 1. The van der Waals surface area contributed by atoms with Crippen LogP contribution in [0.1, 0.15) is 15.9 Å². The lowest BCUT2D eigenvalue weighted by molar-refractivity contribution is 0.0470. The molecule has 0 amide bonds. The highest BCUT2D eigenvalue weighted by Gasteiger charge is 2.18. The van der Waals surface area contributed by atoms with Crippen molar-refractivity contribution in [1.82, 2.24) is 0 Å². The van der Waals surface area contributed by atoms with E-state index in [0.29, 0.717) is 15.6 Å². The normalized spacial score (nSPS) is 11.2. The van der Waals surface area contributed by atoms with Crippen molar-refractivity contribution in [2.45, 2.75) is 10.8 Å². The van der Waals surface area contributed by atoms with Crippen LogP contribution in [0.5, 0.6) is 5.75 Å². The molecule has 10 heteroatoms. The Bertz CT molecular complexity index is 1090. The monoisotopic (exact) mass is 457 g/mol. The fraction of sp³-hybridized carbons (Fsp3) is 0.0556. The fourth-order valence-electron chi connectivity index (χ4n) is 2.28. The zero-order valence-corrected chi connectivity index (χ0v) is 17.2. The highest BCUT2D eigenvalue weighted by atomic mass is 35.5. The van der Waals surface area contributed by atoms with Gasteiger partial charge in [0.25, 0.3) is 10.0 Å². The van der Waals surface area contributed by atoms with E-state index in [-0.39, 0.29) is 22.1 Å². The summed E-state index contributed by atoms with van der Waals surface area (Å²) in [5.74, 6) is -1.23. The third-order valence-electron chi connectivity index (χ3n) is 3.64. The second-order valence-electron chi connectivity index (χ2n) is 5.55. The van der Waals surface area contributed by atoms with Crippen molar-refractivity contribution in [2.24, 2.45) is 0 Å². The fourth-order valence-corrected chi connectivity index (χ4v) is 4.82. The van der Waals surface area contributed by atoms with Crippen molar-refractivity contribution in [3.05, 3.63) is 75.1 Å². The van der Waals surface area contributed by atoms with Gasteiger partial charge in [-0.2, -0.15) is 0 Å². The molecule has 0 fully saturated rings. The van der Waals surface area contributed by atoms with E-state index in [9.17, 15) is 18.3 Å². The van der Waals surface area contributed by atoms with Crippen LogP contribution in [0, 0.1) is 0 Å². The molecule has 3 aromatic rings. The summed E-state index contributed by atoms with van der Waals surface area (Å²) >= 11 is 13.1. The molecule has 0 saturated heterocycles. The summed E-state index contributed by atoms with van der Waals surface area (Å²) < 4.78 is 32.1. The molecule has 3 rings (SSSR count). The minimum absolute atomic E-state index is 0.108. The average Bonchev–Trinajstić information content (AvgIpc) is 3.16. The molecule has 0 atom stereocenters. The van der Waals surface area contributed by atoms with E-state index in [0.717, 1.165) is 17.4 Å². The van der Waals surface area contributed by atoms with Crippen LogP contribution in [0.3, 0.4) is 0 Å². The summed E-state index contributed by atoms with van der Waals surface area (Å²) in [5, 5.41) is 12.4. The molecule has 0 radical (unpaired) electrons. The minimum atomic E-state index is -3.76. The number of phenolic OH excluding ortho intramolecular Hbond substituents is 1. The van der Waals surface area contributed by atoms with Gasteiger partial charge in [0.2, 0.25) is 0 Å². The Morgan fingerprint density at radius 3 is 2.43 bits per heavy atom. The molecule has 0 spiro atoms. The summed E-state index contributed by atoms with van der Waals surface area (Å²) in [6.45, 7) is -0.177. The first kappa shape index (κ1) is 20.5. The lowest BCUT2D eigenvalue weighted by Crippen LogP contribution is -2.12. The summed E-state index contributed by atoms with van der Waals surface area (Å²) in [6, 6.07) is 11.7. The third kappa shape index (κ3) is 4.59. The molecule has 0 aliphatic rings. The van der Waals surface area contributed by atoms with Gasteiger partial charge >= 0.3 is 5.97 Å². The number of nitrogens with one attached hydrogen (secondary N) is 1. The Balaban J connectivity index is 1.72. The van der Waals surface area contributed by atoms with Crippen molar-refractivity contribution < 1.29 is 23.1 Å². The number of thiophene rings is 1. The van der Waals surface area contributed by atoms with E-state index in [1.165, 1.54) is 18.2 Å². The van der Waals surface area contributed by atoms with Gasteiger partial charge in [-0.05, 0) is 35.7 Å². The first-order valence-electron chi connectivity index (χ1n) is 7.77. The number of ether oxygens (including phenoxy) is 1. The summed E-state index contributed by atoms with van der Waals surface area (Å²) in [5.41, 5.74) is 0.429. The summed E-state index contributed by atoms with van der Waals surface area (Å²) in [7, 11) is -3.76. The molecule has 1 aromatic heterocycles. The van der Waals surface area contributed by atoms with E-state index in [4.69, 9.17) is 27.9 Å².